The molecule has 0 aliphatic heterocycles. The largest absolute Gasteiger partial charge is 0.305 e. The Balaban J connectivity index is 1.56. The standard InChI is InChI=1S/C16H20FN3OS/c1-10-4-2-3-5-12(10)18-9-15(21)20-16-19-13-7-6-11(17)8-14(13)22-16/h6-8,10,12,18H,2-5,9H2,1H3,(H,19,20,21). The molecule has 1 amide bonds. The van der Waals surface area contributed by atoms with Crippen molar-refractivity contribution in [2.75, 3.05) is 11.9 Å². The molecule has 6 heteroatoms. The van der Waals surface area contributed by atoms with E-state index in [1.165, 1.54) is 42.7 Å². The maximum absolute atomic E-state index is 13.2. The van der Waals surface area contributed by atoms with Gasteiger partial charge in [-0.05, 0) is 37.0 Å². The zero-order valence-electron chi connectivity index (χ0n) is 12.6. The van der Waals surface area contributed by atoms with Crippen molar-refractivity contribution in [3.63, 3.8) is 0 Å². The molecule has 0 radical (unpaired) electrons. The van der Waals surface area contributed by atoms with E-state index in [1.54, 1.807) is 6.07 Å². The van der Waals surface area contributed by atoms with Crippen LogP contribution >= 0.6 is 11.3 Å². The van der Waals surface area contributed by atoms with Crippen molar-refractivity contribution in [3.8, 4) is 0 Å². The third kappa shape index (κ3) is 3.62. The van der Waals surface area contributed by atoms with E-state index in [4.69, 9.17) is 0 Å². The van der Waals surface area contributed by atoms with Crippen molar-refractivity contribution in [1.29, 1.82) is 0 Å². The molecule has 1 heterocycles. The summed E-state index contributed by atoms with van der Waals surface area (Å²) in [7, 11) is 0. The van der Waals surface area contributed by atoms with Gasteiger partial charge in [0.05, 0.1) is 16.8 Å². The second kappa shape index (κ2) is 6.71. The molecule has 0 spiro atoms. The van der Waals surface area contributed by atoms with E-state index < -0.39 is 0 Å². The van der Waals surface area contributed by atoms with Gasteiger partial charge in [0.25, 0.3) is 0 Å². The van der Waals surface area contributed by atoms with Crippen LogP contribution < -0.4 is 10.6 Å². The number of anilines is 1. The molecule has 1 aliphatic rings. The highest BCUT2D eigenvalue weighted by Crippen LogP contribution is 2.26. The van der Waals surface area contributed by atoms with Gasteiger partial charge in [0, 0.05) is 6.04 Å². The Labute approximate surface area is 133 Å². The summed E-state index contributed by atoms with van der Waals surface area (Å²) in [5.74, 6) is 0.228. The number of nitrogens with zero attached hydrogens (tertiary/aromatic N) is 1. The normalized spacial score (nSPS) is 21.9. The van der Waals surface area contributed by atoms with Crippen LogP contribution in [-0.2, 0) is 4.79 Å². The molecule has 2 aromatic rings. The molecule has 22 heavy (non-hydrogen) atoms. The van der Waals surface area contributed by atoms with Crippen molar-refractivity contribution in [3.05, 3.63) is 24.0 Å². The summed E-state index contributed by atoms with van der Waals surface area (Å²) in [6.45, 7) is 2.52. The summed E-state index contributed by atoms with van der Waals surface area (Å²) < 4.78 is 13.9. The van der Waals surface area contributed by atoms with E-state index in [1.807, 2.05) is 0 Å². The summed E-state index contributed by atoms with van der Waals surface area (Å²) in [6, 6.07) is 4.85. The number of benzene rings is 1. The molecule has 1 fully saturated rings. The van der Waals surface area contributed by atoms with Crippen LogP contribution in [0.5, 0.6) is 0 Å². The third-order valence-corrected chi connectivity index (χ3v) is 5.17. The second-order valence-corrected chi connectivity index (χ2v) is 6.96. The Bertz CT molecular complexity index is 672. The minimum absolute atomic E-state index is 0.0997. The molecule has 0 bridgehead atoms. The Morgan fingerprint density at radius 1 is 1.41 bits per heavy atom. The average Bonchev–Trinajstić information content (AvgIpc) is 2.87. The lowest BCUT2D eigenvalue weighted by Gasteiger charge is -2.29. The molecule has 4 nitrogen and oxygen atoms in total. The Kier molecular flexibility index (Phi) is 4.69. The van der Waals surface area contributed by atoms with Crippen LogP contribution in [0.15, 0.2) is 18.2 Å². The Morgan fingerprint density at radius 3 is 3.05 bits per heavy atom. The number of rotatable bonds is 4. The number of fused-ring (bicyclic) bond motifs is 1. The van der Waals surface area contributed by atoms with E-state index >= 15 is 0 Å². The minimum atomic E-state index is -0.290. The number of nitrogens with one attached hydrogen (secondary N) is 2. The smallest absolute Gasteiger partial charge is 0.240 e. The lowest BCUT2D eigenvalue weighted by Crippen LogP contribution is -2.41. The van der Waals surface area contributed by atoms with Crippen LogP contribution in [0.1, 0.15) is 32.6 Å². The number of thiazole rings is 1. The summed E-state index contributed by atoms with van der Waals surface area (Å²) in [5, 5.41) is 6.65. The van der Waals surface area contributed by atoms with Crippen LogP contribution in [0.25, 0.3) is 10.2 Å². The van der Waals surface area contributed by atoms with Gasteiger partial charge in [-0.25, -0.2) is 9.37 Å². The van der Waals surface area contributed by atoms with Crippen LogP contribution in [0.3, 0.4) is 0 Å². The molecule has 0 saturated heterocycles. The molecular formula is C16H20FN3OS. The van der Waals surface area contributed by atoms with E-state index in [0.717, 1.165) is 11.1 Å². The van der Waals surface area contributed by atoms with Crippen molar-refractivity contribution in [1.82, 2.24) is 10.3 Å². The maximum atomic E-state index is 13.2. The Morgan fingerprint density at radius 2 is 2.23 bits per heavy atom. The quantitative estimate of drug-likeness (QED) is 0.905. The van der Waals surface area contributed by atoms with Gasteiger partial charge in [-0.15, -0.1) is 0 Å². The summed E-state index contributed by atoms with van der Waals surface area (Å²) in [4.78, 5) is 16.3. The van der Waals surface area contributed by atoms with Crippen LogP contribution in [0.2, 0.25) is 0 Å². The van der Waals surface area contributed by atoms with Gasteiger partial charge in [-0.1, -0.05) is 31.1 Å². The number of hydrogen-bond donors (Lipinski definition) is 2. The molecule has 2 unspecified atom stereocenters. The molecule has 118 valence electrons. The van der Waals surface area contributed by atoms with Gasteiger partial charge in [0.1, 0.15) is 5.82 Å². The molecule has 1 aromatic carbocycles. The zero-order valence-corrected chi connectivity index (χ0v) is 13.4. The second-order valence-electron chi connectivity index (χ2n) is 5.93. The molecule has 1 aliphatic carbocycles. The molecule has 1 aromatic heterocycles. The van der Waals surface area contributed by atoms with Crippen LogP contribution in [-0.4, -0.2) is 23.5 Å². The van der Waals surface area contributed by atoms with E-state index in [-0.39, 0.29) is 11.7 Å². The van der Waals surface area contributed by atoms with Crippen molar-refractivity contribution < 1.29 is 9.18 Å². The highest BCUT2D eigenvalue weighted by molar-refractivity contribution is 7.22. The predicted octanol–water partition coefficient (Wildman–Crippen LogP) is 3.54. The fourth-order valence-electron chi connectivity index (χ4n) is 2.96. The number of amides is 1. The fraction of sp³-hybridized carbons (Fsp3) is 0.500. The summed E-state index contributed by atoms with van der Waals surface area (Å²) >= 11 is 1.29. The van der Waals surface area contributed by atoms with Crippen molar-refractivity contribution in [2.45, 2.75) is 38.6 Å². The van der Waals surface area contributed by atoms with Gasteiger partial charge in [-0.3, -0.25) is 4.79 Å². The lowest BCUT2D eigenvalue weighted by molar-refractivity contribution is -0.115. The van der Waals surface area contributed by atoms with Gasteiger partial charge >= 0.3 is 0 Å². The predicted molar refractivity (Wildman–Crippen MR) is 87.6 cm³/mol. The highest BCUT2D eigenvalue weighted by Gasteiger charge is 2.21. The molecule has 2 atom stereocenters. The highest BCUT2D eigenvalue weighted by atomic mass is 32.1. The molecule has 3 rings (SSSR count). The fourth-order valence-corrected chi connectivity index (χ4v) is 3.87. The van der Waals surface area contributed by atoms with Gasteiger partial charge in [0.15, 0.2) is 5.13 Å². The average molecular weight is 321 g/mol. The van der Waals surface area contributed by atoms with Crippen LogP contribution in [0.4, 0.5) is 9.52 Å². The number of carbonyl (C=O) groups excluding carboxylic acids is 1. The summed E-state index contributed by atoms with van der Waals surface area (Å²) in [5.41, 5.74) is 0.704. The first-order chi connectivity index (χ1) is 10.6. The monoisotopic (exact) mass is 321 g/mol. The topological polar surface area (TPSA) is 54.0 Å². The number of carbonyl (C=O) groups is 1. The van der Waals surface area contributed by atoms with Crippen LogP contribution in [0, 0.1) is 11.7 Å². The van der Waals surface area contributed by atoms with E-state index in [2.05, 4.69) is 22.5 Å². The SMILES string of the molecule is CC1CCCCC1NCC(=O)Nc1nc2ccc(F)cc2s1. The first-order valence-electron chi connectivity index (χ1n) is 7.71. The lowest BCUT2D eigenvalue weighted by atomic mass is 9.86. The first kappa shape index (κ1) is 15.4. The number of hydrogen-bond acceptors (Lipinski definition) is 4. The van der Waals surface area contributed by atoms with E-state index in [9.17, 15) is 9.18 Å². The van der Waals surface area contributed by atoms with Gasteiger partial charge in [-0.2, -0.15) is 0 Å². The minimum Gasteiger partial charge on any atom is -0.305 e. The molecular weight excluding hydrogens is 301 g/mol. The third-order valence-electron chi connectivity index (χ3n) is 4.23. The van der Waals surface area contributed by atoms with E-state index in [0.29, 0.717) is 29.2 Å². The Hall–Kier alpha value is -1.53. The molecule has 1 saturated carbocycles. The van der Waals surface area contributed by atoms with Gasteiger partial charge < -0.3 is 10.6 Å². The van der Waals surface area contributed by atoms with Crippen molar-refractivity contribution in [2.24, 2.45) is 5.92 Å². The zero-order chi connectivity index (χ0) is 15.5. The number of aromatic nitrogens is 1. The van der Waals surface area contributed by atoms with Crippen molar-refractivity contribution >= 4 is 32.6 Å². The molecule has 2 N–H and O–H groups in total. The summed E-state index contributed by atoms with van der Waals surface area (Å²) in [6.07, 6.45) is 4.87. The van der Waals surface area contributed by atoms with Gasteiger partial charge in [0.2, 0.25) is 5.91 Å². The first-order valence-corrected chi connectivity index (χ1v) is 8.53. The number of halogens is 1. The maximum Gasteiger partial charge on any atom is 0.240 e.